The number of hydrogen-bond acceptors (Lipinski definition) is 5. The number of halogens is 1. The van der Waals surface area contributed by atoms with Gasteiger partial charge in [0.05, 0.1) is 25.6 Å². The van der Waals surface area contributed by atoms with Crippen LogP contribution >= 0.6 is 11.6 Å². The van der Waals surface area contributed by atoms with Crippen molar-refractivity contribution in [2.75, 3.05) is 13.2 Å². The van der Waals surface area contributed by atoms with Crippen LogP contribution in [0.5, 0.6) is 0 Å². The summed E-state index contributed by atoms with van der Waals surface area (Å²) in [6, 6.07) is 9.43. The first-order chi connectivity index (χ1) is 12.0. The first-order valence-electron chi connectivity index (χ1n) is 8.02. The highest BCUT2D eigenvalue weighted by Gasteiger charge is 2.32. The number of aryl methyl sites for hydroxylation is 1. The fourth-order valence-corrected chi connectivity index (χ4v) is 3.21. The maximum Gasteiger partial charge on any atom is 0.229 e. The van der Waals surface area contributed by atoms with Gasteiger partial charge in [0.15, 0.2) is 5.76 Å². The molecular formula is C18H18ClN3O3. The van der Waals surface area contributed by atoms with E-state index in [9.17, 15) is 10.1 Å². The number of aromatic nitrogens is 1. The maximum atomic E-state index is 12.8. The first-order valence-corrected chi connectivity index (χ1v) is 8.39. The summed E-state index contributed by atoms with van der Waals surface area (Å²) >= 11 is 6.25. The Morgan fingerprint density at radius 1 is 1.48 bits per heavy atom. The van der Waals surface area contributed by atoms with E-state index in [1.54, 1.807) is 11.8 Å². The van der Waals surface area contributed by atoms with Gasteiger partial charge in [-0.05, 0) is 19.9 Å². The summed E-state index contributed by atoms with van der Waals surface area (Å²) in [6.45, 7) is 4.41. The van der Waals surface area contributed by atoms with Crippen molar-refractivity contribution in [3.05, 3.63) is 51.9 Å². The zero-order chi connectivity index (χ0) is 18.0. The molecule has 130 valence electrons. The average Bonchev–Trinajstić information content (AvgIpc) is 2.95. The van der Waals surface area contributed by atoms with Gasteiger partial charge in [-0.15, -0.1) is 0 Å². The van der Waals surface area contributed by atoms with Gasteiger partial charge in [-0.2, -0.15) is 5.26 Å². The Morgan fingerprint density at radius 2 is 2.24 bits per heavy atom. The van der Waals surface area contributed by atoms with Gasteiger partial charge < -0.3 is 14.2 Å². The Bertz CT molecular complexity index is 827. The summed E-state index contributed by atoms with van der Waals surface area (Å²) in [7, 11) is 0. The Hall–Kier alpha value is -2.36. The highest BCUT2D eigenvalue weighted by molar-refractivity contribution is 6.31. The fraction of sp³-hybridized carbons (Fsp3) is 0.389. The molecule has 0 spiro atoms. The van der Waals surface area contributed by atoms with Crippen molar-refractivity contribution < 1.29 is 14.1 Å². The lowest BCUT2D eigenvalue weighted by atomic mass is 10.0. The molecule has 7 heteroatoms. The molecule has 25 heavy (non-hydrogen) atoms. The SMILES string of the molecule is Cc1onc(CC(=O)N2CC(c3ccccc3Cl)OCC2C)c1C#N. The van der Waals surface area contributed by atoms with Gasteiger partial charge in [0, 0.05) is 10.6 Å². The first kappa shape index (κ1) is 17.5. The molecule has 2 unspecified atom stereocenters. The lowest BCUT2D eigenvalue weighted by Gasteiger charge is -2.38. The number of carbonyl (C=O) groups is 1. The van der Waals surface area contributed by atoms with Gasteiger partial charge >= 0.3 is 0 Å². The summed E-state index contributed by atoms with van der Waals surface area (Å²) in [4.78, 5) is 14.5. The molecule has 3 rings (SSSR count). The molecule has 2 atom stereocenters. The number of benzene rings is 1. The molecule has 0 saturated carbocycles. The fourth-order valence-electron chi connectivity index (χ4n) is 2.96. The Morgan fingerprint density at radius 3 is 2.96 bits per heavy atom. The highest BCUT2D eigenvalue weighted by Crippen LogP contribution is 2.30. The minimum atomic E-state index is -0.275. The zero-order valence-corrected chi connectivity index (χ0v) is 14.8. The number of ether oxygens (including phenoxy) is 1. The molecule has 1 aliphatic rings. The third kappa shape index (κ3) is 3.53. The smallest absolute Gasteiger partial charge is 0.229 e. The Balaban J connectivity index is 1.77. The summed E-state index contributed by atoms with van der Waals surface area (Å²) in [5.41, 5.74) is 1.57. The second-order valence-corrected chi connectivity index (χ2v) is 6.49. The summed E-state index contributed by atoms with van der Waals surface area (Å²) < 4.78 is 10.9. The van der Waals surface area contributed by atoms with E-state index in [0.29, 0.717) is 35.2 Å². The molecule has 0 bridgehead atoms. The van der Waals surface area contributed by atoms with Crippen LogP contribution in [0, 0.1) is 18.3 Å². The predicted octanol–water partition coefficient (Wildman–Crippen LogP) is 3.04. The van der Waals surface area contributed by atoms with Crippen LogP contribution in [0.2, 0.25) is 5.02 Å². The molecule has 0 aliphatic carbocycles. The molecule has 1 aliphatic heterocycles. The van der Waals surface area contributed by atoms with E-state index in [1.165, 1.54) is 0 Å². The van der Waals surface area contributed by atoms with Crippen molar-refractivity contribution in [3.8, 4) is 6.07 Å². The van der Waals surface area contributed by atoms with Gasteiger partial charge in [0.2, 0.25) is 5.91 Å². The highest BCUT2D eigenvalue weighted by atomic mass is 35.5. The maximum absolute atomic E-state index is 12.8. The minimum Gasteiger partial charge on any atom is -0.369 e. The molecule has 1 aromatic heterocycles. The van der Waals surface area contributed by atoms with Crippen LogP contribution in [0.3, 0.4) is 0 Å². The van der Waals surface area contributed by atoms with E-state index < -0.39 is 0 Å². The molecule has 1 aromatic carbocycles. The van der Waals surface area contributed by atoms with Gasteiger partial charge in [-0.25, -0.2) is 0 Å². The Labute approximate surface area is 150 Å². The van der Waals surface area contributed by atoms with Crippen molar-refractivity contribution >= 4 is 17.5 Å². The number of amides is 1. The van der Waals surface area contributed by atoms with Gasteiger partial charge in [-0.1, -0.05) is 35.0 Å². The lowest BCUT2D eigenvalue weighted by Crippen LogP contribution is -2.48. The molecule has 0 radical (unpaired) electrons. The van der Waals surface area contributed by atoms with Crippen molar-refractivity contribution in [2.45, 2.75) is 32.4 Å². The standard InChI is InChI=1S/C18H18ClN3O3/c1-11-10-24-17(13-5-3-4-6-15(13)19)9-22(11)18(23)7-16-14(8-20)12(2)25-21-16/h3-6,11,17H,7,9-10H2,1-2H3. The molecule has 6 nitrogen and oxygen atoms in total. The largest absolute Gasteiger partial charge is 0.369 e. The van der Waals surface area contributed by atoms with Crippen molar-refractivity contribution in [3.63, 3.8) is 0 Å². The Kier molecular flexibility index (Phi) is 5.07. The van der Waals surface area contributed by atoms with Crippen molar-refractivity contribution in [1.82, 2.24) is 10.1 Å². The molecular weight excluding hydrogens is 342 g/mol. The number of rotatable bonds is 3. The number of nitrogens with zero attached hydrogens (tertiary/aromatic N) is 3. The summed E-state index contributed by atoms with van der Waals surface area (Å²) in [6.07, 6.45) is -0.247. The van der Waals surface area contributed by atoms with E-state index in [-0.39, 0.29) is 24.5 Å². The van der Waals surface area contributed by atoms with Crippen LogP contribution in [0.4, 0.5) is 0 Å². The lowest BCUT2D eigenvalue weighted by molar-refractivity contribution is -0.143. The summed E-state index contributed by atoms with van der Waals surface area (Å²) in [5.74, 6) is 0.312. The van der Waals surface area contributed by atoms with E-state index in [4.69, 9.17) is 20.9 Å². The van der Waals surface area contributed by atoms with Gasteiger partial charge in [0.25, 0.3) is 0 Å². The molecule has 1 amide bonds. The monoisotopic (exact) mass is 359 g/mol. The number of morpholine rings is 1. The number of nitriles is 1. The second kappa shape index (κ2) is 7.26. The van der Waals surface area contributed by atoms with Gasteiger partial charge in [-0.3, -0.25) is 4.79 Å². The van der Waals surface area contributed by atoms with E-state index in [2.05, 4.69) is 5.16 Å². The van der Waals surface area contributed by atoms with Crippen LogP contribution in [-0.2, 0) is 16.0 Å². The van der Waals surface area contributed by atoms with Crippen LogP contribution in [0.25, 0.3) is 0 Å². The summed E-state index contributed by atoms with van der Waals surface area (Å²) in [5, 5.41) is 13.6. The normalized spacial score (nSPS) is 20.3. The molecule has 1 saturated heterocycles. The molecule has 2 aromatic rings. The van der Waals surface area contributed by atoms with Crippen molar-refractivity contribution in [2.24, 2.45) is 0 Å². The van der Waals surface area contributed by atoms with Crippen LogP contribution in [0.15, 0.2) is 28.8 Å². The van der Waals surface area contributed by atoms with Crippen molar-refractivity contribution in [1.29, 1.82) is 5.26 Å². The van der Waals surface area contributed by atoms with E-state index >= 15 is 0 Å². The third-order valence-corrected chi connectivity index (χ3v) is 4.71. The molecule has 1 fully saturated rings. The minimum absolute atomic E-state index is 0.0276. The second-order valence-electron chi connectivity index (χ2n) is 6.09. The quantitative estimate of drug-likeness (QED) is 0.841. The van der Waals surface area contributed by atoms with E-state index in [0.717, 1.165) is 5.56 Å². The topological polar surface area (TPSA) is 79.4 Å². The molecule has 2 heterocycles. The number of hydrogen-bond donors (Lipinski definition) is 0. The molecule has 0 N–H and O–H groups in total. The van der Waals surface area contributed by atoms with Crippen LogP contribution < -0.4 is 0 Å². The van der Waals surface area contributed by atoms with Gasteiger partial charge in [0.1, 0.15) is 23.4 Å². The third-order valence-electron chi connectivity index (χ3n) is 4.37. The van der Waals surface area contributed by atoms with Crippen LogP contribution in [0.1, 0.15) is 35.6 Å². The predicted molar refractivity (Wildman–Crippen MR) is 91.0 cm³/mol. The average molecular weight is 360 g/mol. The zero-order valence-electron chi connectivity index (χ0n) is 14.0. The van der Waals surface area contributed by atoms with E-state index in [1.807, 2.05) is 37.3 Å². The van der Waals surface area contributed by atoms with Crippen LogP contribution in [-0.4, -0.2) is 35.2 Å². The number of carbonyl (C=O) groups excluding carboxylic acids is 1.